The molecule has 2 nitrogen and oxygen atoms in total. The molecule has 0 N–H and O–H groups in total. The fraction of sp³-hybridized carbons (Fsp3) is 0.154. The standard InChI is InChI=1S/C13H9Br2Cl2NOS/c1-18(6-7-2-8(16)4-9(17)3-7)13(19)10-5-11(14)20-12(10)15/h2-5H,6H2,1H3. The summed E-state index contributed by atoms with van der Waals surface area (Å²) in [5.74, 6) is -0.0603. The van der Waals surface area contributed by atoms with Gasteiger partial charge in [0.1, 0.15) is 0 Å². The molecule has 1 heterocycles. The summed E-state index contributed by atoms with van der Waals surface area (Å²) in [5, 5.41) is 1.13. The van der Waals surface area contributed by atoms with Crippen LogP contribution in [0, 0.1) is 0 Å². The van der Waals surface area contributed by atoms with Crippen molar-refractivity contribution in [3.05, 3.63) is 53.0 Å². The first-order valence-electron chi connectivity index (χ1n) is 5.52. The van der Waals surface area contributed by atoms with Gasteiger partial charge < -0.3 is 4.90 Å². The predicted octanol–water partition coefficient (Wildman–Crippen LogP) is 5.85. The smallest absolute Gasteiger partial charge is 0.255 e. The zero-order valence-corrected chi connectivity index (χ0v) is 15.8. The van der Waals surface area contributed by atoms with Gasteiger partial charge in [-0.2, -0.15) is 0 Å². The Kier molecular flexibility index (Phi) is 5.54. The normalized spacial score (nSPS) is 10.7. The molecule has 0 bridgehead atoms. The lowest BCUT2D eigenvalue weighted by atomic mass is 10.2. The van der Waals surface area contributed by atoms with E-state index < -0.39 is 0 Å². The van der Waals surface area contributed by atoms with Crippen LogP contribution in [0.15, 0.2) is 31.8 Å². The van der Waals surface area contributed by atoms with Gasteiger partial charge in [0.2, 0.25) is 0 Å². The van der Waals surface area contributed by atoms with Crippen LogP contribution in [-0.2, 0) is 6.54 Å². The third kappa shape index (κ3) is 3.98. The summed E-state index contributed by atoms with van der Waals surface area (Å²) in [5.41, 5.74) is 1.53. The highest BCUT2D eigenvalue weighted by atomic mass is 79.9. The monoisotopic (exact) mass is 455 g/mol. The van der Waals surface area contributed by atoms with Crippen LogP contribution in [0.5, 0.6) is 0 Å². The van der Waals surface area contributed by atoms with Crippen LogP contribution in [0.1, 0.15) is 15.9 Å². The third-order valence-electron chi connectivity index (χ3n) is 2.58. The molecule has 0 aliphatic carbocycles. The van der Waals surface area contributed by atoms with E-state index in [4.69, 9.17) is 23.2 Å². The van der Waals surface area contributed by atoms with Crippen molar-refractivity contribution in [3.8, 4) is 0 Å². The second-order valence-corrected chi connectivity index (χ2v) is 8.80. The molecule has 20 heavy (non-hydrogen) atoms. The van der Waals surface area contributed by atoms with Crippen LogP contribution in [0.4, 0.5) is 0 Å². The van der Waals surface area contributed by atoms with Crippen molar-refractivity contribution in [2.45, 2.75) is 6.54 Å². The first kappa shape index (κ1) is 16.3. The molecule has 2 rings (SSSR count). The van der Waals surface area contributed by atoms with Crippen LogP contribution < -0.4 is 0 Å². The van der Waals surface area contributed by atoms with Gasteiger partial charge in [-0.3, -0.25) is 4.79 Å². The van der Waals surface area contributed by atoms with E-state index in [1.165, 1.54) is 11.3 Å². The number of nitrogens with zero attached hydrogens (tertiary/aromatic N) is 1. The molecule has 0 aliphatic heterocycles. The van der Waals surface area contributed by atoms with Gasteiger partial charge in [-0.25, -0.2) is 0 Å². The van der Waals surface area contributed by atoms with E-state index in [2.05, 4.69) is 31.9 Å². The SMILES string of the molecule is CN(Cc1cc(Cl)cc(Cl)c1)C(=O)c1cc(Br)sc1Br. The zero-order chi connectivity index (χ0) is 14.9. The molecule has 1 aromatic heterocycles. The average Bonchev–Trinajstić information content (AvgIpc) is 2.66. The Morgan fingerprint density at radius 2 is 1.80 bits per heavy atom. The Labute approximate surface area is 147 Å². The number of hydrogen-bond acceptors (Lipinski definition) is 2. The quantitative estimate of drug-likeness (QED) is 0.566. The minimum Gasteiger partial charge on any atom is -0.337 e. The van der Waals surface area contributed by atoms with E-state index in [9.17, 15) is 4.79 Å². The van der Waals surface area contributed by atoms with Crippen molar-refractivity contribution in [1.82, 2.24) is 4.90 Å². The molecule has 1 amide bonds. The molecule has 0 saturated heterocycles. The molecule has 7 heteroatoms. The van der Waals surface area contributed by atoms with Gasteiger partial charge in [-0.1, -0.05) is 23.2 Å². The van der Waals surface area contributed by atoms with Gasteiger partial charge >= 0.3 is 0 Å². The average molecular weight is 458 g/mol. The molecule has 0 radical (unpaired) electrons. The molecular formula is C13H9Br2Cl2NOS. The fourth-order valence-corrected chi connectivity index (χ4v) is 5.09. The molecule has 0 atom stereocenters. The minimum absolute atomic E-state index is 0.0603. The number of halogens is 4. The summed E-state index contributed by atoms with van der Waals surface area (Å²) in [6, 6.07) is 7.07. The van der Waals surface area contributed by atoms with E-state index in [1.54, 1.807) is 36.2 Å². The molecule has 0 fully saturated rings. The number of rotatable bonds is 3. The van der Waals surface area contributed by atoms with E-state index in [0.717, 1.165) is 13.1 Å². The van der Waals surface area contributed by atoms with Crippen molar-refractivity contribution < 1.29 is 4.79 Å². The van der Waals surface area contributed by atoms with Gasteiger partial charge in [0.15, 0.2) is 0 Å². The lowest BCUT2D eigenvalue weighted by molar-refractivity contribution is 0.0785. The Morgan fingerprint density at radius 1 is 1.20 bits per heavy atom. The highest BCUT2D eigenvalue weighted by Crippen LogP contribution is 2.32. The topological polar surface area (TPSA) is 20.3 Å². The van der Waals surface area contributed by atoms with Gasteiger partial charge in [-0.15, -0.1) is 11.3 Å². The Balaban J connectivity index is 2.17. The van der Waals surface area contributed by atoms with Gasteiger partial charge in [0.05, 0.1) is 13.1 Å². The van der Waals surface area contributed by atoms with E-state index in [-0.39, 0.29) is 5.91 Å². The van der Waals surface area contributed by atoms with Crippen molar-refractivity contribution in [1.29, 1.82) is 0 Å². The number of carbonyl (C=O) groups excluding carboxylic acids is 1. The maximum atomic E-state index is 12.4. The number of amides is 1. The predicted molar refractivity (Wildman–Crippen MR) is 92.0 cm³/mol. The van der Waals surface area contributed by atoms with Gasteiger partial charge in [-0.05, 0) is 61.7 Å². The number of carbonyl (C=O) groups is 1. The highest BCUT2D eigenvalue weighted by Gasteiger charge is 2.18. The first-order chi connectivity index (χ1) is 9.36. The molecule has 0 aliphatic rings. The molecule has 0 unspecified atom stereocenters. The van der Waals surface area contributed by atoms with Crippen molar-refractivity contribution >= 4 is 72.3 Å². The number of hydrogen-bond donors (Lipinski definition) is 0. The van der Waals surface area contributed by atoms with Crippen LogP contribution in [0.3, 0.4) is 0 Å². The second-order valence-electron chi connectivity index (χ2n) is 4.18. The van der Waals surface area contributed by atoms with E-state index in [1.807, 2.05) is 0 Å². The van der Waals surface area contributed by atoms with Crippen molar-refractivity contribution in [3.63, 3.8) is 0 Å². The summed E-state index contributed by atoms with van der Waals surface area (Å²) >= 11 is 20.2. The van der Waals surface area contributed by atoms with Crippen LogP contribution in [0.25, 0.3) is 0 Å². The maximum Gasteiger partial charge on any atom is 0.255 e. The van der Waals surface area contributed by atoms with Crippen molar-refractivity contribution in [2.24, 2.45) is 0 Å². The Morgan fingerprint density at radius 3 is 2.30 bits per heavy atom. The van der Waals surface area contributed by atoms with E-state index >= 15 is 0 Å². The lowest BCUT2D eigenvalue weighted by Crippen LogP contribution is -2.26. The highest BCUT2D eigenvalue weighted by molar-refractivity contribution is 9.12. The summed E-state index contributed by atoms with van der Waals surface area (Å²) in [6.45, 7) is 0.443. The molecule has 106 valence electrons. The van der Waals surface area contributed by atoms with Crippen LogP contribution in [0.2, 0.25) is 10.0 Å². The maximum absolute atomic E-state index is 12.4. The van der Waals surface area contributed by atoms with Gasteiger partial charge in [0.25, 0.3) is 5.91 Å². The third-order valence-corrected chi connectivity index (χ3v) is 5.35. The molecule has 1 aromatic carbocycles. The summed E-state index contributed by atoms with van der Waals surface area (Å²) < 4.78 is 1.72. The van der Waals surface area contributed by atoms with Crippen LogP contribution >= 0.6 is 66.4 Å². The number of benzene rings is 1. The summed E-state index contributed by atoms with van der Waals surface area (Å²) in [7, 11) is 1.75. The van der Waals surface area contributed by atoms with E-state index in [0.29, 0.717) is 22.2 Å². The molecule has 0 saturated carbocycles. The molecule has 0 spiro atoms. The second kappa shape index (κ2) is 6.79. The fourth-order valence-electron chi connectivity index (χ4n) is 1.74. The number of thiophene rings is 1. The minimum atomic E-state index is -0.0603. The van der Waals surface area contributed by atoms with Crippen LogP contribution in [-0.4, -0.2) is 17.9 Å². The summed E-state index contributed by atoms with van der Waals surface area (Å²) in [4.78, 5) is 14.0. The first-order valence-corrected chi connectivity index (χ1v) is 8.68. The molecule has 2 aromatic rings. The summed E-state index contributed by atoms with van der Waals surface area (Å²) in [6.07, 6.45) is 0. The van der Waals surface area contributed by atoms with Crippen molar-refractivity contribution in [2.75, 3.05) is 7.05 Å². The molecular weight excluding hydrogens is 449 g/mol. The Hall–Kier alpha value is -0.0700. The largest absolute Gasteiger partial charge is 0.337 e. The lowest BCUT2D eigenvalue weighted by Gasteiger charge is -2.17. The Bertz CT molecular complexity index is 640. The zero-order valence-electron chi connectivity index (χ0n) is 10.3. The van der Waals surface area contributed by atoms with Gasteiger partial charge in [0, 0.05) is 23.6 Å².